The smallest absolute Gasteiger partial charge is 0.0717 e. The number of hydrogen-bond acceptors (Lipinski definition) is 2. The van der Waals surface area contributed by atoms with Gasteiger partial charge in [-0.3, -0.25) is 0 Å². The lowest BCUT2D eigenvalue weighted by Gasteiger charge is -2.02. The molecule has 0 saturated heterocycles. The van der Waals surface area contributed by atoms with Crippen molar-refractivity contribution in [1.29, 1.82) is 5.41 Å². The van der Waals surface area contributed by atoms with E-state index in [1.165, 1.54) is 5.56 Å². The van der Waals surface area contributed by atoms with Crippen LogP contribution in [0.4, 0.5) is 0 Å². The van der Waals surface area contributed by atoms with E-state index >= 15 is 0 Å². The molecule has 0 spiro atoms. The van der Waals surface area contributed by atoms with Gasteiger partial charge in [-0.25, -0.2) is 0 Å². The van der Waals surface area contributed by atoms with E-state index in [2.05, 4.69) is 0 Å². The Hall–Kier alpha value is -1.15. The second kappa shape index (κ2) is 5.49. The summed E-state index contributed by atoms with van der Waals surface area (Å²) in [7, 11) is 0. The second-order valence-electron chi connectivity index (χ2n) is 3.07. The predicted octanol–water partition coefficient (Wildman–Crippen LogP) is 2.63. The average Bonchev–Trinajstić information content (AvgIpc) is 2.14. The molecule has 0 atom stereocenters. The van der Waals surface area contributed by atoms with Crippen molar-refractivity contribution in [3.63, 3.8) is 0 Å². The SMILES string of the molecule is CC(=N)CCOCc1ccccc1. The van der Waals surface area contributed by atoms with E-state index < -0.39 is 0 Å². The van der Waals surface area contributed by atoms with E-state index in [9.17, 15) is 0 Å². The maximum Gasteiger partial charge on any atom is 0.0717 e. The Bertz CT molecular complexity index is 256. The number of ether oxygens (including phenoxy) is 1. The van der Waals surface area contributed by atoms with Crippen molar-refractivity contribution in [2.24, 2.45) is 0 Å². The molecule has 2 heteroatoms. The van der Waals surface area contributed by atoms with Crippen molar-refractivity contribution in [1.82, 2.24) is 0 Å². The predicted molar refractivity (Wildman–Crippen MR) is 54.1 cm³/mol. The summed E-state index contributed by atoms with van der Waals surface area (Å²) < 4.78 is 5.39. The summed E-state index contributed by atoms with van der Waals surface area (Å²) in [4.78, 5) is 0. The molecular formula is C11H15NO. The maximum atomic E-state index is 7.20. The standard InChI is InChI=1S/C11H15NO/c1-10(12)7-8-13-9-11-5-3-2-4-6-11/h2-6,12H,7-9H2,1H3. The molecule has 0 aliphatic carbocycles. The van der Waals surface area contributed by atoms with E-state index in [0.717, 1.165) is 6.42 Å². The molecule has 0 unspecified atom stereocenters. The van der Waals surface area contributed by atoms with Crippen LogP contribution in [0.15, 0.2) is 30.3 Å². The molecule has 70 valence electrons. The Labute approximate surface area is 79.1 Å². The van der Waals surface area contributed by atoms with Crippen LogP contribution in [0.5, 0.6) is 0 Å². The van der Waals surface area contributed by atoms with Gasteiger partial charge in [0.1, 0.15) is 0 Å². The van der Waals surface area contributed by atoms with Crippen LogP contribution in [-0.2, 0) is 11.3 Å². The minimum atomic E-state index is 0.643. The van der Waals surface area contributed by atoms with Crippen molar-refractivity contribution < 1.29 is 4.74 Å². The Kier molecular flexibility index (Phi) is 4.19. The van der Waals surface area contributed by atoms with Crippen LogP contribution in [0, 0.1) is 5.41 Å². The first-order valence-corrected chi connectivity index (χ1v) is 4.45. The van der Waals surface area contributed by atoms with E-state index in [1.54, 1.807) is 6.92 Å². The van der Waals surface area contributed by atoms with Crippen LogP contribution in [-0.4, -0.2) is 12.3 Å². The quantitative estimate of drug-likeness (QED) is 0.544. The highest BCUT2D eigenvalue weighted by Crippen LogP contribution is 2.00. The number of benzene rings is 1. The van der Waals surface area contributed by atoms with Crippen LogP contribution in [0.3, 0.4) is 0 Å². The summed E-state index contributed by atoms with van der Waals surface area (Å²) in [6.07, 6.45) is 0.729. The number of rotatable bonds is 5. The molecule has 13 heavy (non-hydrogen) atoms. The summed E-state index contributed by atoms with van der Waals surface area (Å²) >= 11 is 0. The Morgan fingerprint density at radius 3 is 2.62 bits per heavy atom. The van der Waals surface area contributed by atoms with Gasteiger partial charge in [-0.15, -0.1) is 0 Å². The molecule has 0 fully saturated rings. The highest BCUT2D eigenvalue weighted by Gasteiger charge is 1.92. The lowest BCUT2D eigenvalue weighted by atomic mass is 10.2. The van der Waals surface area contributed by atoms with Gasteiger partial charge in [0.15, 0.2) is 0 Å². The minimum absolute atomic E-state index is 0.643. The molecule has 0 aliphatic rings. The summed E-state index contributed by atoms with van der Waals surface area (Å²) in [6.45, 7) is 3.09. The van der Waals surface area contributed by atoms with Crippen molar-refractivity contribution in [2.75, 3.05) is 6.61 Å². The molecule has 1 N–H and O–H groups in total. The normalized spacial score (nSPS) is 9.92. The zero-order valence-corrected chi connectivity index (χ0v) is 7.92. The highest BCUT2D eigenvalue weighted by atomic mass is 16.5. The van der Waals surface area contributed by atoms with Crippen LogP contribution in [0.2, 0.25) is 0 Å². The summed E-state index contributed by atoms with van der Waals surface area (Å²) in [6, 6.07) is 10.1. The van der Waals surface area contributed by atoms with Gasteiger partial charge in [0.2, 0.25) is 0 Å². The third-order valence-corrected chi connectivity index (χ3v) is 1.73. The van der Waals surface area contributed by atoms with E-state index in [1.807, 2.05) is 30.3 Å². The molecule has 1 rings (SSSR count). The van der Waals surface area contributed by atoms with Gasteiger partial charge >= 0.3 is 0 Å². The van der Waals surface area contributed by atoms with Crippen molar-refractivity contribution in [2.45, 2.75) is 20.0 Å². The minimum Gasteiger partial charge on any atom is -0.376 e. The fourth-order valence-corrected chi connectivity index (χ4v) is 0.990. The van der Waals surface area contributed by atoms with Gasteiger partial charge < -0.3 is 10.1 Å². The Morgan fingerprint density at radius 1 is 1.31 bits per heavy atom. The zero-order valence-electron chi connectivity index (χ0n) is 7.92. The van der Waals surface area contributed by atoms with Crippen LogP contribution >= 0.6 is 0 Å². The summed E-state index contributed by atoms with van der Waals surface area (Å²) in [5.41, 5.74) is 1.86. The second-order valence-corrected chi connectivity index (χ2v) is 3.07. The van der Waals surface area contributed by atoms with Gasteiger partial charge in [0.25, 0.3) is 0 Å². The van der Waals surface area contributed by atoms with Gasteiger partial charge in [-0.05, 0) is 12.5 Å². The van der Waals surface area contributed by atoms with Crippen molar-refractivity contribution in [3.05, 3.63) is 35.9 Å². The first-order valence-electron chi connectivity index (χ1n) is 4.45. The molecule has 2 nitrogen and oxygen atoms in total. The molecule has 0 radical (unpaired) electrons. The number of hydrogen-bond donors (Lipinski definition) is 1. The molecule has 0 bridgehead atoms. The largest absolute Gasteiger partial charge is 0.376 e. The van der Waals surface area contributed by atoms with Gasteiger partial charge in [-0.2, -0.15) is 0 Å². The Morgan fingerprint density at radius 2 is 2.00 bits per heavy atom. The van der Waals surface area contributed by atoms with Gasteiger partial charge in [0, 0.05) is 12.1 Å². The molecule has 1 aromatic carbocycles. The van der Waals surface area contributed by atoms with Crippen LogP contribution < -0.4 is 0 Å². The molecule has 1 aromatic rings. The first-order chi connectivity index (χ1) is 6.29. The molecular weight excluding hydrogens is 162 g/mol. The fraction of sp³-hybridized carbons (Fsp3) is 0.364. The fourth-order valence-electron chi connectivity index (χ4n) is 0.990. The topological polar surface area (TPSA) is 33.1 Å². The van der Waals surface area contributed by atoms with Crippen LogP contribution in [0.1, 0.15) is 18.9 Å². The van der Waals surface area contributed by atoms with Crippen molar-refractivity contribution in [3.8, 4) is 0 Å². The molecule has 0 aliphatic heterocycles. The first kappa shape index (κ1) is 9.93. The third-order valence-electron chi connectivity index (χ3n) is 1.73. The lowest BCUT2D eigenvalue weighted by Crippen LogP contribution is -1.99. The van der Waals surface area contributed by atoms with E-state index in [4.69, 9.17) is 10.1 Å². The average molecular weight is 177 g/mol. The molecule has 0 aromatic heterocycles. The van der Waals surface area contributed by atoms with Gasteiger partial charge in [0.05, 0.1) is 13.2 Å². The molecule has 0 saturated carbocycles. The highest BCUT2D eigenvalue weighted by molar-refractivity contribution is 5.78. The van der Waals surface area contributed by atoms with Crippen LogP contribution in [0.25, 0.3) is 0 Å². The van der Waals surface area contributed by atoms with E-state index in [-0.39, 0.29) is 0 Å². The summed E-state index contributed by atoms with van der Waals surface area (Å²) in [5.74, 6) is 0. The number of nitrogens with one attached hydrogen (secondary N) is 1. The lowest BCUT2D eigenvalue weighted by molar-refractivity contribution is 0.127. The summed E-state index contributed by atoms with van der Waals surface area (Å²) in [5, 5.41) is 7.20. The molecule has 0 amide bonds. The third kappa shape index (κ3) is 4.43. The molecule has 0 heterocycles. The van der Waals surface area contributed by atoms with Crippen molar-refractivity contribution >= 4 is 5.71 Å². The van der Waals surface area contributed by atoms with E-state index in [0.29, 0.717) is 18.9 Å². The maximum absolute atomic E-state index is 7.20. The monoisotopic (exact) mass is 177 g/mol. The van der Waals surface area contributed by atoms with Gasteiger partial charge in [-0.1, -0.05) is 30.3 Å². The Balaban J connectivity index is 2.17. The zero-order chi connectivity index (χ0) is 9.52.